The first kappa shape index (κ1) is 15.1. The van der Waals surface area contributed by atoms with Crippen molar-refractivity contribution in [2.24, 2.45) is 0 Å². The number of hydrogen-bond donors (Lipinski definition) is 2. The molecule has 0 aliphatic heterocycles. The Hall–Kier alpha value is -2.34. The molecule has 1 atom stereocenters. The molecule has 1 unspecified atom stereocenters. The van der Waals surface area contributed by atoms with Gasteiger partial charge in [0.05, 0.1) is 5.56 Å². The highest BCUT2D eigenvalue weighted by molar-refractivity contribution is 5.76. The second-order valence-electron chi connectivity index (χ2n) is 4.41. The van der Waals surface area contributed by atoms with Crippen LogP contribution in [0.4, 0.5) is 13.2 Å². The van der Waals surface area contributed by atoms with Crippen molar-refractivity contribution in [3.05, 3.63) is 59.7 Å². The molecule has 0 aliphatic rings. The fourth-order valence-electron chi connectivity index (χ4n) is 2.00. The minimum absolute atomic E-state index is 0.0250. The van der Waals surface area contributed by atoms with Gasteiger partial charge in [-0.15, -0.1) is 0 Å². The van der Waals surface area contributed by atoms with Crippen molar-refractivity contribution in [1.82, 2.24) is 0 Å². The first-order valence-corrected chi connectivity index (χ1v) is 5.98. The van der Waals surface area contributed by atoms with Crippen LogP contribution in [-0.2, 0) is 11.0 Å². The van der Waals surface area contributed by atoms with Crippen molar-refractivity contribution in [2.75, 3.05) is 0 Å². The Morgan fingerprint density at radius 1 is 1.05 bits per heavy atom. The van der Waals surface area contributed by atoms with E-state index < -0.39 is 23.8 Å². The van der Waals surface area contributed by atoms with Crippen LogP contribution < -0.4 is 0 Å². The lowest BCUT2D eigenvalue weighted by molar-refractivity contribution is -0.147. The van der Waals surface area contributed by atoms with E-state index in [0.717, 1.165) is 6.07 Å². The van der Waals surface area contributed by atoms with Crippen molar-refractivity contribution in [2.45, 2.75) is 12.3 Å². The molecular weight excluding hydrogens is 285 g/mol. The molecule has 0 bridgehead atoms. The largest absolute Gasteiger partial charge is 0.479 e. The maximum atomic E-state index is 13.0. The van der Waals surface area contributed by atoms with E-state index in [1.54, 1.807) is 0 Å². The van der Waals surface area contributed by atoms with E-state index in [9.17, 15) is 23.1 Å². The lowest BCUT2D eigenvalue weighted by Crippen LogP contribution is -2.10. The maximum Gasteiger partial charge on any atom is 0.417 e. The van der Waals surface area contributed by atoms with Gasteiger partial charge in [0.25, 0.3) is 0 Å². The summed E-state index contributed by atoms with van der Waals surface area (Å²) in [5.41, 5.74) is -0.658. The second kappa shape index (κ2) is 5.57. The Morgan fingerprint density at radius 3 is 2.33 bits per heavy atom. The molecule has 0 spiro atoms. The van der Waals surface area contributed by atoms with Gasteiger partial charge in [0, 0.05) is 0 Å². The van der Waals surface area contributed by atoms with Crippen molar-refractivity contribution < 1.29 is 28.2 Å². The molecule has 0 amide bonds. The van der Waals surface area contributed by atoms with Crippen LogP contribution in [0.5, 0.6) is 0 Å². The van der Waals surface area contributed by atoms with Crippen LogP contribution in [0.2, 0.25) is 0 Å². The van der Waals surface area contributed by atoms with Crippen LogP contribution in [0, 0.1) is 0 Å². The molecule has 0 aliphatic carbocycles. The lowest BCUT2D eigenvalue weighted by Gasteiger charge is -2.14. The molecule has 0 radical (unpaired) electrons. The van der Waals surface area contributed by atoms with Crippen molar-refractivity contribution >= 4 is 5.97 Å². The molecule has 0 aromatic heterocycles. The highest BCUT2D eigenvalue weighted by Gasteiger charge is 2.33. The predicted octanol–water partition coefficient (Wildman–Crippen LogP) is 3.49. The number of carbonyl (C=O) groups is 1. The molecule has 0 saturated carbocycles. The van der Waals surface area contributed by atoms with Crippen LogP contribution in [-0.4, -0.2) is 16.2 Å². The number of aliphatic carboxylic acids is 1. The zero-order valence-corrected chi connectivity index (χ0v) is 10.6. The number of halogens is 3. The summed E-state index contributed by atoms with van der Waals surface area (Å²) in [4.78, 5) is 10.7. The van der Waals surface area contributed by atoms with E-state index in [2.05, 4.69) is 0 Å². The zero-order valence-electron chi connectivity index (χ0n) is 10.6. The number of alkyl halides is 3. The number of rotatable bonds is 3. The van der Waals surface area contributed by atoms with Gasteiger partial charge in [0.1, 0.15) is 0 Å². The van der Waals surface area contributed by atoms with Crippen LogP contribution in [0.1, 0.15) is 17.2 Å². The summed E-state index contributed by atoms with van der Waals surface area (Å²) in [6.45, 7) is 0. The minimum atomic E-state index is -4.52. The number of carboxylic acid groups (broad SMARTS) is 1. The maximum absolute atomic E-state index is 13.0. The summed E-state index contributed by atoms with van der Waals surface area (Å²) >= 11 is 0. The van der Waals surface area contributed by atoms with Gasteiger partial charge in [0.15, 0.2) is 6.10 Å². The first-order chi connectivity index (χ1) is 9.80. The zero-order chi connectivity index (χ0) is 15.6. The normalized spacial score (nSPS) is 13.0. The Kier molecular flexibility index (Phi) is 3.99. The van der Waals surface area contributed by atoms with Crippen LogP contribution in [0.3, 0.4) is 0 Å². The van der Waals surface area contributed by atoms with Crippen molar-refractivity contribution in [3.63, 3.8) is 0 Å². The Labute approximate surface area is 118 Å². The average molecular weight is 296 g/mol. The Bertz CT molecular complexity index is 665. The smallest absolute Gasteiger partial charge is 0.417 e. The predicted molar refractivity (Wildman–Crippen MR) is 69.5 cm³/mol. The summed E-state index contributed by atoms with van der Waals surface area (Å²) in [6.07, 6.45) is -6.29. The molecule has 2 aromatic rings. The third-order valence-electron chi connectivity index (χ3n) is 2.98. The van der Waals surface area contributed by atoms with E-state index in [1.165, 1.54) is 42.5 Å². The molecule has 2 N–H and O–H groups in total. The average Bonchev–Trinajstić information content (AvgIpc) is 2.45. The van der Waals surface area contributed by atoms with Gasteiger partial charge in [-0.2, -0.15) is 13.2 Å². The molecule has 110 valence electrons. The molecular formula is C15H11F3O3. The fourth-order valence-corrected chi connectivity index (χ4v) is 2.00. The first-order valence-electron chi connectivity index (χ1n) is 5.98. The summed E-state index contributed by atoms with van der Waals surface area (Å²) < 4.78 is 38.9. The molecule has 6 heteroatoms. The van der Waals surface area contributed by atoms with Gasteiger partial charge < -0.3 is 10.2 Å². The number of hydrogen-bond acceptors (Lipinski definition) is 2. The monoisotopic (exact) mass is 296 g/mol. The van der Waals surface area contributed by atoms with E-state index in [0.29, 0.717) is 0 Å². The fraction of sp³-hybridized carbons (Fsp3) is 0.133. The summed E-state index contributed by atoms with van der Waals surface area (Å²) in [5, 5.41) is 18.2. The third kappa shape index (κ3) is 3.22. The highest BCUT2D eigenvalue weighted by Crippen LogP contribution is 2.37. The molecule has 3 nitrogen and oxygen atoms in total. The molecule has 0 fully saturated rings. The SMILES string of the molecule is O=C(O)C(O)c1cccc(-c2ccccc2C(F)(F)F)c1. The summed E-state index contributed by atoms with van der Waals surface area (Å²) in [6, 6.07) is 10.4. The highest BCUT2D eigenvalue weighted by atomic mass is 19.4. The third-order valence-corrected chi connectivity index (χ3v) is 2.98. The van der Waals surface area contributed by atoms with Crippen molar-refractivity contribution in [3.8, 4) is 11.1 Å². The lowest BCUT2D eigenvalue weighted by atomic mass is 9.96. The van der Waals surface area contributed by atoms with Crippen LogP contribution in [0.25, 0.3) is 11.1 Å². The summed E-state index contributed by atoms with van der Waals surface area (Å²) in [5.74, 6) is -1.46. The summed E-state index contributed by atoms with van der Waals surface area (Å²) in [7, 11) is 0. The molecule has 0 saturated heterocycles. The number of benzene rings is 2. The number of aliphatic hydroxyl groups is 1. The van der Waals surface area contributed by atoms with Gasteiger partial charge in [-0.25, -0.2) is 4.79 Å². The van der Waals surface area contributed by atoms with Gasteiger partial charge in [-0.3, -0.25) is 0 Å². The molecule has 2 aromatic carbocycles. The van der Waals surface area contributed by atoms with E-state index in [1.807, 2.05) is 0 Å². The van der Waals surface area contributed by atoms with E-state index in [-0.39, 0.29) is 16.7 Å². The second-order valence-corrected chi connectivity index (χ2v) is 4.41. The van der Waals surface area contributed by atoms with Gasteiger partial charge in [-0.1, -0.05) is 36.4 Å². The van der Waals surface area contributed by atoms with Crippen LogP contribution in [0.15, 0.2) is 48.5 Å². The van der Waals surface area contributed by atoms with Crippen LogP contribution >= 0.6 is 0 Å². The molecule has 21 heavy (non-hydrogen) atoms. The topological polar surface area (TPSA) is 57.5 Å². The van der Waals surface area contributed by atoms with Gasteiger partial charge in [0.2, 0.25) is 0 Å². The molecule has 2 rings (SSSR count). The van der Waals surface area contributed by atoms with E-state index in [4.69, 9.17) is 5.11 Å². The van der Waals surface area contributed by atoms with E-state index >= 15 is 0 Å². The van der Waals surface area contributed by atoms with Gasteiger partial charge >= 0.3 is 12.1 Å². The minimum Gasteiger partial charge on any atom is -0.479 e. The Morgan fingerprint density at radius 2 is 1.71 bits per heavy atom. The molecule has 0 heterocycles. The Balaban J connectivity index is 2.54. The van der Waals surface area contributed by atoms with Gasteiger partial charge in [-0.05, 0) is 28.8 Å². The number of aliphatic hydroxyl groups excluding tert-OH is 1. The number of carboxylic acids is 1. The quantitative estimate of drug-likeness (QED) is 0.911. The van der Waals surface area contributed by atoms with Crippen molar-refractivity contribution in [1.29, 1.82) is 0 Å². The standard InChI is InChI=1S/C15H11F3O3/c16-15(17,18)12-7-2-1-6-11(12)9-4-3-5-10(8-9)13(19)14(20)21/h1-8,13,19H,(H,20,21).